The Morgan fingerprint density at radius 3 is 2.06 bits per heavy atom. The first-order valence-electron chi connectivity index (χ1n) is 10.3. The second-order valence-electron chi connectivity index (χ2n) is 7.71. The zero-order valence-electron chi connectivity index (χ0n) is 19.1. The Hall–Kier alpha value is -2.01. The van der Waals surface area contributed by atoms with Gasteiger partial charge in [0.2, 0.25) is 0 Å². The van der Waals surface area contributed by atoms with E-state index in [-0.39, 0.29) is 13.1 Å². The predicted octanol–water partition coefficient (Wildman–Crippen LogP) is 8.88. The summed E-state index contributed by atoms with van der Waals surface area (Å²) >= 11 is 1.92. The van der Waals surface area contributed by atoms with Crippen LogP contribution in [-0.2, 0) is 13.1 Å². The molecule has 0 spiro atoms. The van der Waals surface area contributed by atoms with Crippen molar-refractivity contribution in [3.8, 4) is 0 Å². The number of aryl methyl sites for hydroxylation is 3. The monoisotopic (exact) mass is 537 g/mol. The molecule has 0 saturated carbocycles. The van der Waals surface area contributed by atoms with Crippen LogP contribution in [0, 0.1) is 20.8 Å². The van der Waals surface area contributed by atoms with Crippen LogP contribution in [0.25, 0.3) is 10.9 Å². The van der Waals surface area contributed by atoms with E-state index in [9.17, 15) is 0 Å². The molecule has 0 aliphatic heterocycles. The molecule has 4 aromatic rings. The summed E-state index contributed by atoms with van der Waals surface area (Å²) in [6.45, 7) is 10.5. The van der Waals surface area contributed by atoms with E-state index in [4.69, 9.17) is 30.2 Å². The van der Waals surface area contributed by atoms with E-state index in [1.807, 2.05) is 24.4 Å². The first kappa shape index (κ1) is 25.6. The van der Waals surface area contributed by atoms with Crippen LogP contribution in [0.5, 0.6) is 0 Å². The molecule has 2 heterocycles. The number of aliphatic imine (C=N–C) groups is 2. The molecule has 2 aromatic heterocycles. The van der Waals surface area contributed by atoms with E-state index < -0.39 is 0 Å². The Morgan fingerprint density at radius 1 is 0.848 bits per heavy atom. The second kappa shape index (κ2) is 11.9. The second-order valence-corrected chi connectivity index (χ2v) is 10.6. The molecular formula is C26H25Cl2FeN3S. The van der Waals surface area contributed by atoms with Crippen LogP contribution < -0.4 is 0 Å². The maximum absolute atomic E-state index is 4.94. The van der Waals surface area contributed by atoms with Gasteiger partial charge >= 0.3 is 33.3 Å². The van der Waals surface area contributed by atoms with Crippen molar-refractivity contribution in [1.29, 1.82) is 0 Å². The number of thiophene rings is 1. The van der Waals surface area contributed by atoms with Gasteiger partial charge in [-0.3, -0.25) is 9.98 Å². The van der Waals surface area contributed by atoms with Crippen molar-refractivity contribution < 1.29 is 13.1 Å². The molecule has 0 radical (unpaired) electrons. The Morgan fingerprint density at radius 2 is 1.42 bits per heavy atom. The zero-order valence-corrected chi connectivity index (χ0v) is 22.6. The van der Waals surface area contributed by atoms with Gasteiger partial charge in [-0.25, -0.2) is 4.99 Å². The third kappa shape index (κ3) is 6.53. The van der Waals surface area contributed by atoms with Gasteiger partial charge in [0.05, 0.1) is 28.3 Å². The standard InChI is InChI=1S/C26H25N3S.2ClH.Fe/c1-16-14-17(2)25(18(3)15-16)29-20(5)24-12-11-23(30-24)19(4)28-22-10-6-8-21-9-7-13-27-26(21)22;;;/h6-15H,1-5H3;2*1H;/q;;;+2/p-2. The number of aromatic nitrogens is 1. The number of rotatable bonds is 4. The Balaban J connectivity index is 0.000000968. The average Bonchev–Trinajstić information content (AvgIpc) is 3.28. The fourth-order valence-corrected chi connectivity index (χ4v) is 4.61. The number of nitrogens with zero attached hydrogens (tertiary/aromatic N) is 3. The third-order valence-corrected chi connectivity index (χ3v) is 6.44. The van der Waals surface area contributed by atoms with Gasteiger partial charge in [0.25, 0.3) is 0 Å². The molecule has 0 amide bonds. The summed E-state index contributed by atoms with van der Waals surface area (Å²) in [7, 11) is 9.53. The quantitative estimate of drug-likeness (QED) is 0.189. The number of hydrogen-bond acceptors (Lipinski definition) is 4. The zero-order chi connectivity index (χ0) is 24.0. The fraction of sp³-hybridized carbons (Fsp3) is 0.192. The number of pyridine rings is 1. The van der Waals surface area contributed by atoms with Gasteiger partial charge in [0.15, 0.2) is 0 Å². The van der Waals surface area contributed by atoms with Crippen molar-refractivity contribution in [2.24, 2.45) is 9.98 Å². The number of benzene rings is 2. The molecule has 0 N–H and O–H groups in total. The average molecular weight is 538 g/mol. The van der Waals surface area contributed by atoms with E-state index in [1.54, 1.807) is 11.3 Å². The van der Waals surface area contributed by atoms with Crippen LogP contribution in [0.1, 0.15) is 40.3 Å². The maximum atomic E-state index is 4.94. The van der Waals surface area contributed by atoms with Crippen LogP contribution >= 0.6 is 31.5 Å². The summed E-state index contributed by atoms with van der Waals surface area (Å²) in [6.07, 6.45) is 1.81. The molecule has 3 nitrogen and oxygen atoms in total. The van der Waals surface area contributed by atoms with Crippen LogP contribution in [0.4, 0.5) is 11.4 Å². The fourth-order valence-electron chi connectivity index (χ4n) is 3.71. The van der Waals surface area contributed by atoms with Gasteiger partial charge in [-0.15, -0.1) is 11.3 Å². The summed E-state index contributed by atoms with van der Waals surface area (Å²) in [5.41, 5.74) is 8.61. The first-order valence-corrected chi connectivity index (χ1v) is 14.2. The Labute approximate surface area is 214 Å². The molecule has 33 heavy (non-hydrogen) atoms. The molecule has 2 aromatic carbocycles. The van der Waals surface area contributed by atoms with Crippen molar-refractivity contribution >= 4 is 65.2 Å². The summed E-state index contributed by atoms with van der Waals surface area (Å²) in [5.74, 6) is 0. The van der Waals surface area contributed by atoms with Crippen LogP contribution in [0.15, 0.2) is 70.8 Å². The van der Waals surface area contributed by atoms with E-state index >= 15 is 0 Å². The third-order valence-electron chi connectivity index (χ3n) is 5.13. The minimum atomic E-state index is 0.194. The molecule has 0 aliphatic rings. The summed E-state index contributed by atoms with van der Waals surface area (Å²) in [5, 5.41) is 1.10. The van der Waals surface area contributed by atoms with Crippen LogP contribution in [-0.4, -0.2) is 16.4 Å². The van der Waals surface area contributed by atoms with Gasteiger partial charge in [0.1, 0.15) is 0 Å². The molecule has 0 aliphatic carbocycles. The molecule has 172 valence electrons. The molecule has 0 fully saturated rings. The summed E-state index contributed by atoms with van der Waals surface area (Å²) < 4.78 is 0. The normalized spacial score (nSPS) is 12.1. The van der Waals surface area contributed by atoms with Crippen molar-refractivity contribution in [2.75, 3.05) is 0 Å². The molecule has 0 atom stereocenters. The van der Waals surface area contributed by atoms with E-state index in [2.05, 4.69) is 76.0 Å². The molecule has 0 saturated heterocycles. The molecule has 0 unspecified atom stereocenters. The number of para-hydroxylation sites is 1. The van der Waals surface area contributed by atoms with Gasteiger partial charge in [0, 0.05) is 21.3 Å². The van der Waals surface area contributed by atoms with Gasteiger partial charge in [-0.05, 0) is 70.0 Å². The van der Waals surface area contributed by atoms with Crippen molar-refractivity contribution in [1.82, 2.24) is 4.98 Å². The van der Waals surface area contributed by atoms with Gasteiger partial charge in [-0.1, -0.05) is 35.9 Å². The van der Waals surface area contributed by atoms with Gasteiger partial charge in [-0.2, -0.15) is 0 Å². The van der Waals surface area contributed by atoms with E-state index in [0.29, 0.717) is 0 Å². The number of fused-ring (bicyclic) bond motifs is 1. The molecular weight excluding hydrogens is 513 g/mol. The molecule has 7 heteroatoms. The number of halogens is 2. The number of hydrogen-bond donors (Lipinski definition) is 0. The Kier molecular flexibility index (Phi) is 9.25. The SMILES string of the molecule is CC(=Nc1c(C)cc(C)cc1C)c1ccc(C(C)=Nc2cccc3cccnc23)s1.[Cl][Fe][Cl]. The predicted molar refractivity (Wildman–Crippen MR) is 142 cm³/mol. The molecule has 4 rings (SSSR count). The van der Waals surface area contributed by atoms with Crippen LogP contribution in [0.3, 0.4) is 0 Å². The molecule has 0 bridgehead atoms. The topological polar surface area (TPSA) is 37.6 Å². The van der Waals surface area contributed by atoms with Crippen molar-refractivity contribution in [3.63, 3.8) is 0 Å². The van der Waals surface area contributed by atoms with Crippen molar-refractivity contribution in [3.05, 3.63) is 87.2 Å². The van der Waals surface area contributed by atoms with Gasteiger partial charge < -0.3 is 0 Å². The first-order chi connectivity index (χ1) is 15.8. The van der Waals surface area contributed by atoms with Crippen molar-refractivity contribution in [2.45, 2.75) is 34.6 Å². The van der Waals surface area contributed by atoms with E-state index in [1.165, 1.54) is 16.7 Å². The Bertz CT molecular complexity index is 1300. The van der Waals surface area contributed by atoms with Crippen LogP contribution in [0.2, 0.25) is 0 Å². The summed E-state index contributed by atoms with van der Waals surface area (Å²) in [4.78, 5) is 16.6. The minimum absolute atomic E-state index is 0.194. The summed E-state index contributed by atoms with van der Waals surface area (Å²) in [6, 6.07) is 18.8. The van der Waals surface area contributed by atoms with E-state index in [0.717, 1.165) is 43.5 Å².